The Labute approximate surface area is 77.0 Å². The molecular formula is C7H5ClF3NO. The summed E-state index contributed by atoms with van der Waals surface area (Å²) in [7, 11) is 0. The first-order chi connectivity index (χ1) is 6.04. The second-order valence-corrected chi connectivity index (χ2v) is 2.68. The number of aromatic nitrogens is 1. The zero-order chi connectivity index (χ0) is 10.0. The molecule has 0 aliphatic rings. The minimum Gasteiger partial charge on any atom is -0.382 e. The van der Waals surface area contributed by atoms with Crippen LogP contribution < -0.4 is 0 Å². The van der Waals surface area contributed by atoms with E-state index in [4.69, 9.17) is 16.7 Å². The number of aliphatic hydroxyl groups excluding tert-OH is 1. The lowest BCUT2D eigenvalue weighted by atomic mass is 10.1. The molecule has 1 heterocycles. The van der Waals surface area contributed by atoms with Gasteiger partial charge in [-0.15, -0.1) is 0 Å². The molecule has 0 aliphatic heterocycles. The average molecular weight is 212 g/mol. The summed E-state index contributed by atoms with van der Waals surface area (Å²) in [5.74, 6) is -1.18. The van der Waals surface area contributed by atoms with Crippen molar-refractivity contribution >= 4 is 11.6 Å². The average Bonchev–Trinajstić information content (AvgIpc) is 2.03. The summed E-state index contributed by atoms with van der Waals surface area (Å²) >= 11 is 5.40. The van der Waals surface area contributed by atoms with Gasteiger partial charge >= 0.3 is 0 Å². The standard InChI is InChI=1S/C7H5ClF3NO/c8-3-1-2-12-7(11)4(3)5(13)6(9)10/h1-2,5-6,13H. The lowest BCUT2D eigenvalue weighted by molar-refractivity contribution is -0.00806. The Morgan fingerprint density at radius 1 is 1.46 bits per heavy atom. The summed E-state index contributed by atoms with van der Waals surface area (Å²) < 4.78 is 36.7. The molecule has 13 heavy (non-hydrogen) atoms. The monoisotopic (exact) mass is 211 g/mol. The first-order valence-corrected chi connectivity index (χ1v) is 3.68. The van der Waals surface area contributed by atoms with Crippen molar-refractivity contribution < 1.29 is 18.3 Å². The number of hydrogen-bond donors (Lipinski definition) is 1. The van der Waals surface area contributed by atoms with Crippen molar-refractivity contribution in [1.29, 1.82) is 0 Å². The molecular weight excluding hydrogens is 207 g/mol. The van der Waals surface area contributed by atoms with Crippen LogP contribution in [-0.2, 0) is 0 Å². The van der Waals surface area contributed by atoms with Gasteiger partial charge in [-0.25, -0.2) is 13.8 Å². The smallest absolute Gasteiger partial charge is 0.268 e. The zero-order valence-electron chi connectivity index (χ0n) is 6.22. The van der Waals surface area contributed by atoms with Gasteiger partial charge in [0.15, 0.2) is 0 Å². The molecule has 0 fully saturated rings. The molecule has 1 N–H and O–H groups in total. The molecule has 0 spiro atoms. The molecule has 6 heteroatoms. The minimum absolute atomic E-state index is 0.264. The van der Waals surface area contributed by atoms with Gasteiger partial charge in [0.1, 0.15) is 6.10 Å². The van der Waals surface area contributed by atoms with E-state index < -0.39 is 24.0 Å². The number of pyridine rings is 1. The van der Waals surface area contributed by atoms with Gasteiger partial charge in [0.25, 0.3) is 6.43 Å². The van der Waals surface area contributed by atoms with E-state index in [1.807, 2.05) is 0 Å². The fourth-order valence-corrected chi connectivity index (χ4v) is 1.06. The van der Waals surface area contributed by atoms with Crippen molar-refractivity contribution in [2.24, 2.45) is 0 Å². The van der Waals surface area contributed by atoms with E-state index in [0.717, 1.165) is 12.3 Å². The van der Waals surface area contributed by atoms with Crippen LogP contribution in [0.1, 0.15) is 11.7 Å². The number of halogens is 4. The molecule has 1 aromatic rings. The topological polar surface area (TPSA) is 33.1 Å². The minimum atomic E-state index is -3.09. The Morgan fingerprint density at radius 2 is 2.08 bits per heavy atom. The Balaban J connectivity index is 3.12. The Hall–Kier alpha value is -0.810. The molecule has 0 aromatic carbocycles. The highest BCUT2D eigenvalue weighted by atomic mass is 35.5. The van der Waals surface area contributed by atoms with E-state index in [-0.39, 0.29) is 5.02 Å². The molecule has 0 radical (unpaired) electrons. The van der Waals surface area contributed by atoms with Gasteiger partial charge in [0, 0.05) is 6.20 Å². The summed E-state index contributed by atoms with van der Waals surface area (Å²) in [6, 6.07) is 1.13. The quantitative estimate of drug-likeness (QED) is 0.761. The van der Waals surface area contributed by atoms with Crippen molar-refractivity contribution in [2.75, 3.05) is 0 Å². The highest BCUT2D eigenvalue weighted by Crippen LogP contribution is 2.28. The molecule has 1 atom stereocenters. The van der Waals surface area contributed by atoms with Crippen LogP contribution in [0.4, 0.5) is 13.2 Å². The Bertz CT molecular complexity index is 288. The summed E-state index contributed by atoms with van der Waals surface area (Å²) in [4.78, 5) is 3.10. The largest absolute Gasteiger partial charge is 0.382 e. The Kier molecular flexibility index (Phi) is 3.11. The first-order valence-electron chi connectivity index (χ1n) is 3.30. The summed E-state index contributed by atoms with van der Waals surface area (Å²) in [6.07, 6.45) is -4.29. The van der Waals surface area contributed by atoms with Crippen LogP contribution in [-0.4, -0.2) is 16.5 Å². The predicted molar refractivity (Wildman–Crippen MR) is 40.2 cm³/mol. The molecule has 2 nitrogen and oxygen atoms in total. The Morgan fingerprint density at radius 3 is 2.54 bits per heavy atom. The fourth-order valence-electron chi connectivity index (χ4n) is 0.815. The van der Waals surface area contributed by atoms with Crippen LogP contribution >= 0.6 is 11.6 Å². The summed E-state index contributed by atoms with van der Waals surface area (Å²) in [5.41, 5.74) is -0.667. The first kappa shape index (κ1) is 10.3. The number of nitrogens with zero attached hydrogens (tertiary/aromatic N) is 1. The number of hydrogen-bond acceptors (Lipinski definition) is 2. The van der Waals surface area contributed by atoms with Crippen molar-refractivity contribution in [3.63, 3.8) is 0 Å². The van der Waals surface area contributed by atoms with Gasteiger partial charge in [0.05, 0.1) is 10.6 Å². The second-order valence-electron chi connectivity index (χ2n) is 2.28. The predicted octanol–water partition coefficient (Wildman–Crippen LogP) is 2.17. The van der Waals surface area contributed by atoms with E-state index in [2.05, 4.69) is 4.98 Å². The molecule has 72 valence electrons. The normalized spacial score (nSPS) is 13.4. The van der Waals surface area contributed by atoms with Crippen LogP contribution in [0.2, 0.25) is 5.02 Å². The van der Waals surface area contributed by atoms with Gasteiger partial charge in [0.2, 0.25) is 5.95 Å². The number of aliphatic hydroxyl groups is 1. The lowest BCUT2D eigenvalue weighted by Crippen LogP contribution is -2.11. The van der Waals surface area contributed by atoms with Gasteiger partial charge in [-0.1, -0.05) is 11.6 Å². The third-order valence-electron chi connectivity index (χ3n) is 1.42. The van der Waals surface area contributed by atoms with Gasteiger partial charge in [-0.3, -0.25) is 0 Å². The molecule has 0 saturated heterocycles. The second kappa shape index (κ2) is 3.93. The van der Waals surface area contributed by atoms with E-state index in [0.29, 0.717) is 0 Å². The third-order valence-corrected chi connectivity index (χ3v) is 1.75. The molecule has 0 aliphatic carbocycles. The van der Waals surface area contributed by atoms with E-state index >= 15 is 0 Å². The summed E-state index contributed by atoms with van der Waals surface area (Å²) in [5, 5.41) is 8.58. The molecule has 0 bridgehead atoms. The molecule has 1 unspecified atom stereocenters. The van der Waals surface area contributed by atoms with Crippen LogP contribution in [0.25, 0.3) is 0 Å². The van der Waals surface area contributed by atoms with Crippen molar-refractivity contribution in [1.82, 2.24) is 4.98 Å². The molecule has 1 rings (SSSR count). The van der Waals surface area contributed by atoms with Gasteiger partial charge in [-0.2, -0.15) is 4.39 Å². The molecule has 0 amide bonds. The van der Waals surface area contributed by atoms with Crippen molar-refractivity contribution in [2.45, 2.75) is 12.5 Å². The van der Waals surface area contributed by atoms with Crippen LogP contribution in [0.15, 0.2) is 12.3 Å². The van der Waals surface area contributed by atoms with Gasteiger partial charge < -0.3 is 5.11 Å². The van der Waals surface area contributed by atoms with Crippen LogP contribution in [0.3, 0.4) is 0 Å². The van der Waals surface area contributed by atoms with Gasteiger partial charge in [-0.05, 0) is 6.07 Å². The van der Waals surface area contributed by atoms with E-state index in [1.54, 1.807) is 0 Å². The number of rotatable bonds is 2. The third kappa shape index (κ3) is 2.10. The maximum absolute atomic E-state index is 12.8. The maximum atomic E-state index is 12.8. The lowest BCUT2D eigenvalue weighted by Gasteiger charge is -2.11. The molecule has 0 saturated carbocycles. The number of alkyl halides is 2. The summed E-state index contributed by atoms with van der Waals surface area (Å²) in [6.45, 7) is 0. The molecule has 1 aromatic heterocycles. The SMILES string of the molecule is OC(c1c(Cl)ccnc1F)C(F)F. The highest BCUT2D eigenvalue weighted by Gasteiger charge is 2.25. The van der Waals surface area contributed by atoms with Crippen molar-refractivity contribution in [3.8, 4) is 0 Å². The van der Waals surface area contributed by atoms with E-state index in [9.17, 15) is 13.2 Å². The van der Waals surface area contributed by atoms with Crippen LogP contribution in [0.5, 0.6) is 0 Å². The maximum Gasteiger partial charge on any atom is 0.268 e. The van der Waals surface area contributed by atoms with Crippen molar-refractivity contribution in [3.05, 3.63) is 28.8 Å². The van der Waals surface area contributed by atoms with E-state index in [1.165, 1.54) is 0 Å². The fraction of sp³-hybridized carbons (Fsp3) is 0.286. The highest BCUT2D eigenvalue weighted by molar-refractivity contribution is 6.31. The van der Waals surface area contributed by atoms with Crippen LogP contribution in [0, 0.1) is 5.95 Å². The zero-order valence-corrected chi connectivity index (χ0v) is 6.97.